The van der Waals surface area contributed by atoms with Crippen LogP contribution in [0.4, 0.5) is 0 Å². The summed E-state index contributed by atoms with van der Waals surface area (Å²) in [7, 11) is 2.88. The zero-order valence-electron chi connectivity index (χ0n) is 14.8. The van der Waals surface area contributed by atoms with Gasteiger partial charge in [0.15, 0.2) is 0 Å². The molecule has 2 amide bonds. The Morgan fingerprint density at radius 3 is 2.31 bits per heavy atom. The number of carbonyl (C=O) groups excluding carboxylic acids is 2. The minimum absolute atomic E-state index is 0.195. The third-order valence-corrected chi connectivity index (χ3v) is 6.19. The molecular weight excluding hydrogens is 360 g/mol. The molecule has 3 atom stereocenters. The summed E-state index contributed by atoms with van der Waals surface area (Å²) >= 11 is 1.37. The zero-order chi connectivity index (χ0) is 19.2. The van der Waals surface area contributed by atoms with Crippen molar-refractivity contribution < 1.29 is 29.0 Å². The fourth-order valence-electron chi connectivity index (χ4n) is 3.43. The SMILES string of the molecule is COc1cccc(OC)c1C(=O)N[C@@H]1C(=O)N2C(C(=O)O)C(C)(C)S[C@H]12. The van der Waals surface area contributed by atoms with Crippen LogP contribution in [0, 0.1) is 0 Å². The number of thioether (sulfide) groups is 1. The van der Waals surface area contributed by atoms with Crippen LogP contribution in [0.2, 0.25) is 0 Å². The van der Waals surface area contributed by atoms with Gasteiger partial charge < -0.3 is 24.8 Å². The second-order valence-corrected chi connectivity index (χ2v) is 8.36. The Morgan fingerprint density at radius 2 is 1.81 bits per heavy atom. The minimum atomic E-state index is -1.05. The highest BCUT2D eigenvalue weighted by atomic mass is 32.2. The van der Waals surface area contributed by atoms with E-state index < -0.39 is 40.0 Å². The molecule has 2 N–H and O–H groups in total. The predicted molar refractivity (Wildman–Crippen MR) is 94.5 cm³/mol. The minimum Gasteiger partial charge on any atom is -0.496 e. The fourth-order valence-corrected chi connectivity index (χ4v) is 5.06. The topological polar surface area (TPSA) is 105 Å². The highest BCUT2D eigenvalue weighted by Crippen LogP contribution is 2.50. The van der Waals surface area contributed by atoms with Gasteiger partial charge in [-0.25, -0.2) is 4.79 Å². The van der Waals surface area contributed by atoms with Gasteiger partial charge in [0.05, 0.1) is 14.2 Å². The molecule has 1 aromatic rings. The monoisotopic (exact) mass is 380 g/mol. The molecule has 0 aliphatic carbocycles. The number of fused-ring (bicyclic) bond motifs is 1. The molecule has 2 fully saturated rings. The van der Waals surface area contributed by atoms with Crippen molar-refractivity contribution in [3.8, 4) is 11.5 Å². The van der Waals surface area contributed by atoms with Crippen molar-refractivity contribution in [1.82, 2.24) is 10.2 Å². The number of hydrogen-bond acceptors (Lipinski definition) is 6. The molecular formula is C17H20N2O6S. The normalized spacial score (nSPS) is 25.9. The number of nitrogens with one attached hydrogen (secondary N) is 1. The van der Waals surface area contributed by atoms with Crippen LogP contribution in [0.25, 0.3) is 0 Å². The Bertz CT molecular complexity index is 758. The molecule has 2 heterocycles. The number of rotatable bonds is 5. The molecule has 2 aliphatic heterocycles. The molecule has 2 saturated heterocycles. The van der Waals surface area contributed by atoms with Crippen LogP contribution < -0.4 is 14.8 Å². The number of carbonyl (C=O) groups is 3. The van der Waals surface area contributed by atoms with Crippen LogP contribution in [0.15, 0.2) is 18.2 Å². The number of carboxylic acids is 1. The Labute approximate surface area is 154 Å². The lowest BCUT2D eigenvalue weighted by molar-refractivity contribution is -0.159. The third-order valence-electron chi connectivity index (χ3n) is 4.62. The summed E-state index contributed by atoms with van der Waals surface area (Å²) in [5.74, 6) is -1.30. The highest BCUT2D eigenvalue weighted by molar-refractivity contribution is 8.01. The lowest BCUT2D eigenvalue weighted by Crippen LogP contribution is -2.70. The smallest absolute Gasteiger partial charge is 0.327 e. The van der Waals surface area contributed by atoms with E-state index in [1.54, 1.807) is 32.0 Å². The van der Waals surface area contributed by atoms with Gasteiger partial charge in [-0.3, -0.25) is 9.59 Å². The maximum absolute atomic E-state index is 12.8. The summed E-state index contributed by atoms with van der Waals surface area (Å²) in [6, 6.07) is 3.24. The average Bonchev–Trinajstić information content (AvgIpc) is 2.86. The number of nitrogens with zero attached hydrogens (tertiary/aromatic N) is 1. The number of hydrogen-bond donors (Lipinski definition) is 2. The Kier molecular flexibility index (Phi) is 4.51. The van der Waals surface area contributed by atoms with Crippen molar-refractivity contribution in [2.45, 2.75) is 36.1 Å². The van der Waals surface area contributed by atoms with E-state index in [0.29, 0.717) is 11.5 Å². The highest BCUT2D eigenvalue weighted by Gasteiger charge is 2.64. The summed E-state index contributed by atoms with van der Waals surface area (Å²) in [5.41, 5.74) is 0.195. The standard InChI is InChI=1S/C17H20N2O6S/c1-17(2)12(16(22)23)19-14(21)11(15(19)26-17)18-13(20)10-8(24-3)6-5-7-9(10)25-4/h5-7,11-12,15H,1-4H3,(H,18,20)(H,22,23)/t11-,12?,15-/m1/s1. The van der Waals surface area contributed by atoms with Gasteiger partial charge in [0.2, 0.25) is 5.91 Å². The van der Waals surface area contributed by atoms with Crippen LogP contribution >= 0.6 is 11.8 Å². The molecule has 9 heteroatoms. The van der Waals surface area contributed by atoms with E-state index in [2.05, 4.69) is 5.32 Å². The average molecular weight is 380 g/mol. The fraction of sp³-hybridized carbons (Fsp3) is 0.471. The summed E-state index contributed by atoms with van der Waals surface area (Å²) in [6.07, 6.45) is 0. The molecule has 26 heavy (non-hydrogen) atoms. The van der Waals surface area contributed by atoms with Gasteiger partial charge in [0, 0.05) is 4.75 Å². The number of ether oxygens (including phenoxy) is 2. The summed E-state index contributed by atoms with van der Waals surface area (Å²) in [5, 5.41) is 11.7. The number of β-lactam (4-membered cyclic amide) rings is 1. The molecule has 0 saturated carbocycles. The third kappa shape index (κ3) is 2.66. The van der Waals surface area contributed by atoms with Crippen molar-refractivity contribution in [2.75, 3.05) is 14.2 Å². The van der Waals surface area contributed by atoms with Crippen molar-refractivity contribution >= 4 is 29.5 Å². The van der Waals surface area contributed by atoms with E-state index >= 15 is 0 Å². The number of carboxylic acid groups (broad SMARTS) is 1. The van der Waals surface area contributed by atoms with Crippen molar-refractivity contribution in [1.29, 1.82) is 0 Å². The zero-order valence-corrected chi connectivity index (χ0v) is 15.6. The number of aliphatic carboxylic acids is 1. The number of amides is 2. The molecule has 0 bridgehead atoms. The van der Waals surface area contributed by atoms with Crippen molar-refractivity contribution in [3.05, 3.63) is 23.8 Å². The van der Waals surface area contributed by atoms with Crippen molar-refractivity contribution in [3.63, 3.8) is 0 Å². The van der Waals surface area contributed by atoms with E-state index in [0.717, 1.165) is 0 Å². The first-order chi connectivity index (χ1) is 12.2. The second-order valence-electron chi connectivity index (χ2n) is 6.59. The number of benzene rings is 1. The maximum Gasteiger partial charge on any atom is 0.327 e. The molecule has 0 radical (unpaired) electrons. The van der Waals surface area contributed by atoms with E-state index in [1.165, 1.54) is 30.9 Å². The molecule has 0 aromatic heterocycles. The molecule has 2 aliphatic rings. The molecule has 3 rings (SSSR count). The lowest BCUT2D eigenvalue weighted by Gasteiger charge is -2.43. The Hall–Kier alpha value is -2.42. The maximum atomic E-state index is 12.8. The van der Waals surface area contributed by atoms with Crippen molar-refractivity contribution in [2.24, 2.45) is 0 Å². The van der Waals surface area contributed by atoms with Crippen LogP contribution in [0.1, 0.15) is 24.2 Å². The van der Waals surface area contributed by atoms with Gasteiger partial charge in [-0.05, 0) is 26.0 Å². The summed E-state index contributed by atoms with van der Waals surface area (Å²) in [6.45, 7) is 3.56. The summed E-state index contributed by atoms with van der Waals surface area (Å²) < 4.78 is 9.79. The molecule has 1 aromatic carbocycles. The first-order valence-electron chi connectivity index (χ1n) is 7.97. The van der Waals surface area contributed by atoms with E-state index in [4.69, 9.17) is 9.47 Å². The second kappa shape index (κ2) is 6.39. The quantitative estimate of drug-likeness (QED) is 0.733. The van der Waals surface area contributed by atoms with E-state index in [1.807, 2.05) is 0 Å². The van der Waals surface area contributed by atoms with E-state index in [-0.39, 0.29) is 5.56 Å². The first kappa shape index (κ1) is 18.4. The van der Waals surface area contributed by atoms with Gasteiger partial charge in [-0.1, -0.05) is 6.07 Å². The lowest BCUT2D eigenvalue weighted by atomic mass is 9.96. The van der Waals surface area contributed by atoms with Gasteiger partial charge in [0.25, 0.3) is 5.91 Å². The van der Waals surface area contributed by atoms with Crippen LogP contribution in [-0.4, -0.2) is 64.2 Å². The van der Waals surface area contributed by atoms with Gasteiger partial charge in [-0.15, -0.1) is 11.8 Å². The van der Waals surface area contributed by atoms with E-state index in [9.17, 15) is 19.5 Å². The molecule has 140 valence electrons. The van der Waals surface area contributed by atoms with Gasteiger partial charge in [-0.2, -0.15) is 0 Å². The van der Waals surface area contributed by atoms with Gasteiger partial charge >= 0.3 is 5.97 Å². The molecule has 0 spiro atoms. The predicted octanol–water partition coefficient (Wildman–Crippen LogP) is 0.949. The van der Waals surface area contributed by atoms with Gasteiger partial charge in [0.1, 0.15) is 34.5 Å². The Balaban J connectivity index is 1.83. The molecule has 1 unspecified atom stereocenters. The first-order valence-corrected chi connectivity index (χ1v) is 8.85. The van der Waals surface area contributed by atoms with Crippen LogP contribution in [0.3, 0.4) is 0 Å². The number of methoxy groups -OCH3 is 2. The molecule has 8 nitrogen and oxygen atoms in total. The summed E-state index contributed by atoms with van der Waals surface area (Å²) in [4.78, 5) is 38.1. The van der Waals surface area contributed by atoms with Crippen LogP contribution in [-0.2, 0) is 9.59 Å². The van der Waals surface area contributed by atoms with Crippen LogP contribution in [0.5, 0.6) is 11.5 Å². The largest absolute Gasteiger partial charge is 0.496 e. The Morgan fingerprint density at radius 1 is 1.23 bits per heavy atom.